The van der Waals surface area contributed by atoms with Crippen molar-refractivity contribution in [1.29, 1.82) is 0 Å². The van der Waals surface area contributed by atoms with Crippen molar-refractivity contribution in [2.24, 2.45) is 11.1 Å². The van der Waals surface area contributed by atoms with E-state index in [0.29, 0.717) is 6.54 Å². The molecular formula is C18H29N3O2. The van der Waals surface area contributed by atoms with Gasteiger partial charge in [0.05, 0.1) is 6.10 Å². The van der Waals surface area contributed by atoms with Gasteiger partial charge in [-0.2, -0.15) is 0 Å². The highest BCUT2D eigenvalue weighted by atomic mass is 16.3. The molecule has 5 heteroatoms. The van der Waals surface area contributed by atoms with Crippen molar-refractivity contribution in [2.45, 2.75) is 32.9 Å². The highest BCUT2D eigenvalue weighted by Crippen LogP contribution is 2.24. The van der Waals surface area contributed by atoms with E-state index in [2.05, 4.69) is 9.80 Å². The van der Waals surface area contributed by atoms with Crippen LogP contribution in [0.5, 0.6) is 0 Å². The third kappa shape index (κ3) is 4.77. The molecule has 0 spiro atoms. The van der Waals surface area contributed by atoms with Gasteiger partial charge in [0.2, 0.25) is 5.91 Å². The summed E-state index contributed by atoms with van der Waals surface area (Å²) in [5.41, 5.74) is 6.47. The number of carbonyl (C=O) groups excluding carboxylic acids is 1. The molecule has 2 atom stereocenters. The molecule has 5 nitrogen and oxygen atoms in total. The van der Waals surface area contributed by atoms with Crippen LogP contribution >= 0.6 is 0 Å². The number of primary amides is 1. The molecule has 0 bridgehead atoms. The Morgan fingerprint density at radius 2 is 1.74 bits per heavy atom. The van der Waals surface area contributed by atoms with Crippen molar-refractivity contribution < 1.29 is 9.90 Å². The van der Waals surface area contributed by atoms with Gasteiger partial charge in [-0.05, 0) is 11.0 Å². The monoisotopic (exact) mass is 319 g/mol. The molecule has 23 heavy (non-hydrogen) atoms. The summed E-state index contributed by atoms with van der Waals surface area (Å²) in [6, 6.07) is 9.33. The van der Waals surface area contributed by atoms with Crippen LogP contribution in [0.1, 0.15) is 32.4 Å². The topological polar surface area (TPSA) is 69.8 Å². The van der Waals surface area contributed by atoms with Gasteiger partial charge in [-0.3, -0.25) is 14.6 Å². The summed E-state index contributed by atoms with van der Waals surface area (Å²) in [5.74, 6) is -0.306. The maximum absolute atomic E-state index is 11.9. The average molecular weight is 319 g/mol. The Hall–Kier alpha value is -1.43. The van der Waals surface area contributed by atoms with Crippen molar-refractivity contribution in [3.8, 4) is 0 Å². The smallest absolute Gasteiger partial charge is 0.239 e. The molecule has 0 aliphatic carbocycles. The van der Waals surface area contributed by atoms with Gasteiger partial charge in [-0.15, -0.1) is 0 Å². The van der Waals surface area contributed by atoms with Gasteiger partial charge in [0.1, 0.15) is 6.04 Å². The number of piperazine rings is 1. The Kier molecular flexibility index (Phi) is 5.79. The van der Waals surface area contributed by atoms with E-state index in [1.54, 1.807) is 0 Å². The lowest BCUT2D eigenvalue weighted by molar-refractivity contribution is -0.124. The van der Waals surface area contributed by atoms with Gasteiger partial charge in [0, 0.05) is 32.7 Å². The maximum atomic E-state index is 11.9. The number of amides is 1. The lowest BCUT2D eigenvalue weighted by Gasteiger charge is -2.40. The fourth-order valence-electron chi connectivity index (χ4n) is 2.91. The van der Waals surface area contributed by atoms with E-state index in [1.165, 1.54) is 0 Å². The van der Waals surface area contributed by atoms with Crippen LogP contribution in [0, 0.1) is 5.41 Å². The molecule has 128 valence electrons. The number of nitrogens with two attached hydrogens (primary N) is 1. The van der Waals surface area contributed by atoms with Gasteiger partial charge in [-0.25, -0.2) is 0 Å². The van der Waals surface area contributed by atoms with E-state index in [1.807, 2.05) is 51.1 Å². The summed E-state index contributed by atoms with van der Waals surface area (Å²) in [6.07, 6.45) is -0.352. The molecule has 1 aliphatic heterocycles. The third-order valence-electron chi connectivity index (χ3n) is 4.59. The average Bonchev–Trinajstić information content (AvgIpc) is 2.49. The molecule has 0 saturated carbocycles. The lowest BCUT2D eigenvalue weighted by atomic mass is 9.89. The first-order valence-electron chi connectivity index (χ1n) is 8.28. The van der Waals surface area contributed by atoms with Crippen LogP contribution in [-0.4, -0.2) is 59.6 Å². The minimum Gasteiger partial charge on any atom is -0.391 e. The van der Waals surface area contributed by atoms with Gasteiger partial charge in [-0.1, -0.05) is 51.1 Å². The summed E-state index contributed by atoms with van der Waals surface area (Å²) in [5, 5.41) is 10.2. The number of nitrogens with zero attached hydrogens (tertiary/aromatic N) is 2. The first kappa shape index (κ1) is 17.9. The minimum absolute atomic E-state index is 0.114. The standard InChI is InChI=1S/C18H29N3O2/c1-18(2,3)15(22)13-20-9-11-21(12-10-20)16(17(19)23)14-7-5-4-6-8-14/h4-8,15-16,22H,9-13H2,1-3H3,(H2,19,23)/t15-,16+/m1/s1. The Morgan fingerprint density at radius 1 is 1.17 bits per heavy atom. The number of aliphatic hydroxyl groups is 1. The van der Waals surface area contributed by atoms with Gasteiger partial charge >= 0.3 is 0 Å². The molecule has 3 N–H and O–H groups in total. The van der Waals surface area contributed by atoms with Crippen molar-refractivity contribution in [3.63, 3.8) is 0 Å². The summed E-state index contributed by atoms with van der Waals surface area (Å²) >= 11 is 0. The summed E-state index contributed by atoms with van der Waals surface area (Å²) in [4.78, 5) is 16.3. The third-order valence-corrected chi connectivity index (χ3v) is 4.59. The summed E-state index contributed by atoms with van der Waals surface area (Å²) in [6.45, 7) is 10.0. The molecular weight excluding hydrogens is 290 g/mol. The first-order valence-corrected chi connectivity index (χ1v) is 8.28. The van der Waals surface area contributed by atoms with Gasteiger partial charge in [0.15, 0.2) is 0 Å². The van der Waals surface area contributed by atoms with Crippen LogP contribution in [0.2, 0.25) is 0 Å². The molecule has 1 heterocycles. The molecule has 2 rings (SSSR count). The van der Waals surface area contributed by atoms with Crippen LogP contribution in [0.25, 0.3) is 0 Å². The van der Waals surface area contributed by atoms with E-state index < -0.39 is 0 Å². The molecule has 1 saturated heterocycles. The second kappa shape index (κ2) is 7.43. The summed E-state index contributed by atoms with van der Waals surface area (Å²) < 4.78 is 0. The van der Waals surface area contributed by atoms with E-state index >= 15 is 0 Å². The predicted octanol–water partition coefficient (Wildman–Crippen LogP) is 1.24. The number of rotatable bonds is 5. The van der Waals surface area contributed by atoms with Crippen LogP contribution in [0.4, 0.5) is 0 Å². The Morgan fingerprint density at radius 3 is 2.22 bits per heavy atom. The highest BCUT2D eigenvalue weighted by molar-refractivity contribution is 5.81. The van der Waals surface area contributed by atoms with Gasteiger partial charge < -0.3 is 10.8 Å². The Labute approximate surface area is 139 Å². The fourth-order valence-corrected chi connectivity index (χ4v) is 2.91. The molecule has 1 aliphatic rings. The maximum Gasteiger partial charge on any atom is 0.239 e. The number of benzene rings is 1. The number of hydrogen-bond acceptors (Lipinski definition) is 4. The number of β-amino-alcohol motifs (C(OH)–C–C–N with tert-alkyl or cyclic N) is 1. The SMILES string of the molecule is CC(C)(C)[C@H](O)CN1CCN([C@H](C(N)=O)c2ccccc2)CC1. The molecule has 0 radical (unpaired) electrons. The lowest BCUT2D eigenvalue weighted by Crippen LogP contribution is -2.52. The minimum atomic E-state index is -0.370. The van der Waals surface area contributed by atoms with Crippen molar-refractivity contribution in [2.75, 3.05) is 32.7 Å². The van der Waals surface area contributed by atoms with Crippen LogP contribution in [0.3, 0.4) is 0 Å². The van der Waals surface area contributed by atoms with E-state index in [0.717, 1.165) is 31.7 Å². The Balaban J connectivity index is 1.96. The second-order valence-corrected chi connectivity index (χ2v) is 7.43. The number of hydrogen-bond donors (Lipinski definition) is 2. The normalized spacial score (nSPS) is 20.2. The van der Waals surface area contributed by atoms with E-state index in [9.17, 15) is 9.90 Å². The molecule has 1 aromatic carbocycles. The molecule has 0 aromatic heterocycles. The number of aliphatic hydroxyl groups excluding tert-OH is 1. The fraction of sp³-hybridized carbons (Fsp3) is 0.611. The molecule has 1 aromatic rings. The largest absolute Gasteiger partial charge is 0.391 e. The zero-order valence-corrected chi connectivity index (χ0v) is 14.4. The molecule has 0 unspecified atom stereocenters. The second-order valence-electron chi connectivity index (χ2n) is 7.43. The van der Waals surface area contributed by atoms with Crippen LogP contribution in [-0.2, 0) is 4.79 Å². The van der Waals surface area contributed by atoms with Crippen molar-refractivity contribution in [1.82, 2.24) is 9.80 Å². The van der Waals surface area contributed by atoms with Crippen LogP contribution in [0.15, 0.2) is 30.3 Å². The zero-order valence-electron chi connectivity index (χ0n) is 14.4. The zero-order chi connectivity index (χ0) is 17.0. The van der Waals surface area contributed by atoms with E-state index in [-0.39, 0.29) is 23.5 Å². The van der Waals surface area contributed by atoms with Crippen LogP contribution < -0.4 is 5.73 Å². The first-order chi connectivity index (χ1) is 10.8. The Bertz CT molecular complexity index is 505. The molecule has 1 fully saturated rings. The number of carbonyl (C=O) groups is 1. The molecule has 1 amide bonds. The quantitative estimate of drug-likeness (QED) is 0.857. The van der Waals surface area contributed by atoms with Crippen molar-refractivity contribution in [3.05, 3.63) is 35.9 Å². The summed E-state index contributed by atoms with van der Waals surface area (Å²) in [7, 11) is 0. The van der Waals surface area contributed by atoms with Gasteiger partial charge in [0.25, 0.3) is 0 Å². The van der Waals surface area contributed by atoms with E-state index in [4.69, 9.17) is 5.73 Å². The van der Waals surface area contributed by atoms with Crippen molar-refractivity contribution >= 4 is 5.91 Å². The predicted molar refractivity (Wildman–Crippen MR) is 91.9 cm³/mol. The highest BCUT2D eigenvalue weighted by Gasteiger charge is 2.31.